The first kappa shape index (κ1) is 17.4. The maximum Gasteiger partial charge on any atom is 0.259 e. The maximum atomic E-state index is 11.9. The van der Waals surface area contributed by atoms with Crippen LogP contribution in [0.5, 0.6) is 0 Å². The van der Waals surface area contributed by atoms with E-state index < -0.39 is 0 Å². The van der Waals surface area contributed by atoms with Crippen molar-refractivity contribution in [3.63, 3.8) is 0 Å². The zero-order valence-electron chi connectivity index (χ0n) is 14.6. The van der Waals surface area contributed by atoms with Crippen LogP contribution < -0.4 is 10.7 Å². The molecule has 0 fully saturated rings. The maximum absolute atomic E-state index is 11.9. The van der Waals surface area contributed by atoms with Crippen molar-refractivity contribution >= 4 is 34.7 Å². The Morgan fingerprint density at radius 1 is 0.962 bits per heavy atom. The molecule has 0 atom stereocenters. The summed E-state index contributed by atoms with van der Waals surface area (Å²) in [4.78, 5) is 11.9. The van der Waals surface area contributed by atoms with Crippen molar-refractivity contribution < 1.29 is 4.79 Å². The van der Waals surface area contributed by atoms with E-state index in [1.165, 1.54) is 5.39 Å². The topological polar surface area (TPSA) is 53.5 Å². The number of allylic oxidation sites excluding steroid dienone is 1. The molecule has 0 aromatic heterocycles. The highest BCUT2D eigenvalue weighted by atomic mass is 16.2. The standard InChI is InChI=1S/C22H21N3O/c1-17(13-18-7-3-2-4-8-18)15-24-25-22(26)16-23-21-12-11-19-9-5-6-10-20(19)14-21/h2-15,23H,16H2,1H3,(H,25,26)/b17-13+,24-15-. The van der Waals surface area contributed by atoms with E-state index in [-0.39, 0.29) is 12.5 Å². The second-order valence-corrected chi connectivity index (χ2v) is 6.01. The van der Waals surface area contributed by atoms with Gasteiger partial charge in [0, 0.05) is 5.69 Å². The van der Waals surface area contributed by atoms with Gasteiger partial charge in [0.25, 0.3) is 5.91 Å². The van der Waals surface area contributed by atoms with Gasteiger partial charge in [-0.2, -0.15) is 5.10 Å². The van der Waals surface area contributed by atoms with Crippen LogP contribution in [0.2, 0.25) is 0 Å². The molecule has 0 saturated carbocycles. The van der Waals surface area contributed by atoms with Crippen LogP contribution >= 0.6 is 0 Å². The van der Waals surface area contributed by atoms with Gasteiger partial charge in [0.15, 0.2) is 0 Å². The molecule has 0 saturated heterocycles. The van der Waals surface area contributed by atoms with Gasteiger partial charge in [-0.05, 0) is 41.0 Å². The molecule has 3 rings (SSSR count). The van der Waals surface area contributed by atoms with Crippen molar-refractivity contribution in [2.45, 2.75) is 6.92 Å². The SMILES string of the molecule is CC(/C=N\NC(=O)CNc1ccc2ccccc2c1)=C\c1ccccc1. The Bertz CT molecular complexity index is 946. The van der Waals surface area contributed by atoms with Gasteiger partial charge >= 0.3 is 0 Å². The zero-order chi connectivity index (χ0) is 18.2. The van der Waals surface area contributed by atoms with Crippen LogP contribution in [-0.2, 0) is 4.79 Å². The van der Waals surface area contributed by atoms with E-state index in [2.05, 4.69) is 21.9 Å². The molecule has 0 bridgehead atoms. The van der Waals surface area contributed by atoms with Crippen LogP contribution in [0.1, 0.15) is 12.5 Å². The van der Waals surface area contributed by atoms with Crippen LogP contribution in [0, 0.1) is 0 Å². The van der Waals surface area contributed by atoms with Crippen molar-refractivity contribution in [3.05, 3.63) is 83.9 Å². The van der Waals surface area contributed by atoms with E-state index in [1.54, 1.807) is 6.21 Å². The van der Waals surface area contributed by atoms with Crippen molar-refractivity contribution in [1.29, 1.82) is 0 Å². The third-order valence-electron chi connectivity index (χ3n) is 3.85. The van der Waals surface area contributed by atoms with Crippen LogP contribution in [-0.4, -0.2) is 18.7 Å². The number of carbonyl (C=O) groups excluding carboxylic acids is 1. The van der Waals surface area contributed by atoms with E-state index in [1.807, 2.05) is 79.7 Å². The summed E-state index contributed by atoms with van der Waals surface area (Å²) < 4.78 is 0. The van der Waals surface area contributed by atoms with E-state index in [4.69, 9.17) is 0 Å². The number of hydrogen-bond donors (Lipinski definition) is 2. The predicted molar refractivity (Wildman–Crippen MR) is 109 cm³/mol. The third kappa shape index (κ3) is 5.05. The minimum Gasteiger partial charge on any atom is -0.376 e. The van der Waals surface area contributed by atoms with E-state index in [9.17, 15) is 4.79 Å². The molecule has 1 amide bonds. The van der Waals surface area contributed by atoms with Crippen LogP contribution in [0.25, 0.3) is 16.8 Å². The lowest BCUT2D eigenvalue weighted by Gasteiger charge is -2.06. The lowest BCUT2D eigenvalue weighted by atomic mass is 10.1. The second-order valence-electron chi connectivity index (χ2n) is 6.01. The third-order valence-corrected chi connectivity index (χ3v) is 3.85. The summed E-state index contributed by atoms with van der Waals surface area (Å²) in [5.41, 5.74) is 5.49. The largest absolute Gasteiger partial charge is 0.376 e. The molecular weight excluding hydrogens is 322 g/mol. The smallest absolute Gasteiger partial charge is 0.259 e. The zero-order valence-corrected chi connectivity index (χ0v) is 14.6. The first-order valence-electron chi connectivity index (χ1n) is 8.49. The number of benzene rings is 3. The number of carbonyl (C=O) groups is 1. The molecule has 130 valence electrons. The molecule has 0 aliphatic rings. The molecule has 4 nitrogen and oxygen atoms in total. The number of nitrogens with one attached hydrogen (secondary N) is 2. The highest BCUT2D eigenvalue weighted by Crippen LogP contribution is 2.18. The molecule has 0 spiro atoms. The summed E-state index contributed by atoms with van der Waals surface area (Å²) in [6.45, 7) is 2.10. The molecule has 2 N–H and O–H groups in total. The number of rotatable bonds is 6. The fourth-order valence-electron chi connectivity index (χ4n) is 2.58. The highest BCUT2D eigenvalue weighted by molar-refractivity contribution is 5.88. The molecule has 26 heavy (non-hydrogen) atoms. The van der Waals surface area contributed by atoms with Crippen LogP contribution in [0.15, 0.2) is 83.5 Å². The lowest BCUT2D eigenvalue weighted by molar-refractivity contribution is -0.119. The quantitative estimate of drug-likeness (QED) is 0.513. The minimum atomic E-state index is -0.193. The van der Waals surface area contributed by atoms with E-state index in [0.717, 1.165) is 22.2 Å². The highest BCUT2D eigenvalue weighted by Gasteiger charge is 2.00. The Labute approximate surface area is 153 Å². The number of hydrazone groups is 1. The molecule has 0 unspecified atom stereocenters. The molecule has 0 radical (unpaired) electrons. The summed E-state index contributed by atoms with van der Waals surface area (Å²) in [6, 6.07) is 24.1. The minimum absolute atomic E-state index is 0.164. The van der Waals surface area contributed by atoms with Gasteiger partial charge < -0.3 is 5.32 Å². The Morgan fingerprint density at radius 2 is 1.69 bits per heavy atom. The van der Waals surface area contributed by atoms with Crippen molar-refractivity contribution in [2.24, 2.45) is 5.10 Å². The van der Waals surface area contributed by atoms with Gasteiger partial charge in [0.05, 0.1) is 12.8 Å². The first-order chi connectivity index (χ1) is 12.7. The Morgan fingerprint density at radius 3 is 2.50 bits per heavy atom. The van der Waals surface area contributed by atoms with Gasteiger partial charge in [0.1, 0.15) is 0 Å². The number of hydrogen-bond acceptors (Lipinski definition) is 3. The van der Waals surface area contributed by atoms with E-state index >= 15 is 0 Å². The van der Waals surface area contributed by atoms with Crippen molar-refractivity contribution in [2.75, 3.05) is 11.9 Å². The average Bonchev–Trinajstić information content (AvgIpc) is 2.67. The summed E-state index contributed by atoms with van der Waals surface area (Å²) in [7, 11) is 0. The molecular formula is C22H21N3O. The summed E-state index contributed by atoms with van der Waals surface area (Å²) >= 11 is 0. The number of amides is 1. The number of anilines is 1. The first-order valence-corrected chi connectivity index (χ1v) is 8.49. The summed E-state index contributed by atoms with van der Waals surface area (Å²) in [5.74, 6) is -0.193. The predicted octanol–water partition coefficient (Wildman–Crippen LogP) is 4.46. The molecule has 0 heterocycles. The Hall–Kier alpha value is -3.40. The number of nitrogens with zero attached hydrogens (tertiary/aromatic N) is 1. The average molecular weight is 343 g/mol. The Kier molecular flexibility index (Phi) is 5.78. The lowest BCUT2D eigenvalue weighted by Crippen LogP contribution is -2.25. The molecule has 0 aliphatic carbocycles. The second kappa shape index (κ2) is 8.62. The summed E-state index contributed by atoms with van der Waals surface area (Å²) in [6.07, 6.45) is 3.64. The van der Waals surface area contributed by atoms with Gasteiger partial charge in [-0.3, -0.25) is 4.79 Å². The van der Waals surface area contributed by atoms with Crippen molar-refractivity contribution in [3.8, 4) is 0 Å². The molecule has 3 aromatic rings. The van der Waals surface area contributed by atoms with Gasteiger partial charge in [-0.15, -0.1) is 0 Å². The van der Waals surface area contributed by atoms with E-state index in [0.29, 0.717) is 0 Å². The van der Waals surface area contributed by atoms with Crippen LogP contribution in [0.3, 0.4) is 0 Å². The fraction of sp³-hybridized carbons (Fsp3) is 0.0909. The molecule has 3 aromatic carbocycles. The fourth-order valence-corrected chi connectivity index (χ4v) is 2.58. The summed E-state index contributed by atoms with van der Waals surface area (Å²) in [5, 5.41) is 9.42. The van der Waals surface area contributed by atoms with Gasteiger partial charge in [0.2, 0.25) is 0 Å². The van der Waals surface area contributed by atoms with Crippen LogP contribution in [0.4, 0.5) is 5.69 Å². The van der Waals surface area contributed by atoms with Crippen molar-refractivity contribution in [1.82, 2.24) is 5.43 Å². The van der Waals surface area contributed by atoms with Gasteiger partial charge in [-0.25, -0.2) is 5.43 Å². The monoisotopic (exact) mass is 343 g/mol. The molecule has 0 aliphatic heterocycles. The van der Waals surface area contributed by atoms with Gasteiger partial charge in [-0.1, -0.05) is 66.7 Å². The molecule has 4 heteroatoms. The normalized spacial score (nSPS) is 11.7. The Balaban J connectivity index is 1.49. The number of fused-ring (bicyclic) bond motifs is 1.